The quantitative estimate of drug-likeness (QED) is 0.522. The number of aryl methyl sites for hydroxylation is 2. The van der Waals surface area contributed by atoms with Crippen LogP contribution >= 0.6 is 0 Å². The summed E-state index contributed by atoms with van der Waals surface area (Å²) in [7, 11) is 0. The fraction of sp³-hybridized carbons (Fsp3) is 0.478. The van der Waals surface area contributed by atoms with Gasteiger partial charge in [-0.3, -0.25) is 0 Å². The maximum Gasteiger partial charge on any atom is 0.223 e. The van der Waals surface area contributed by atoms with Crippen LogP contribution in [0.3, 0.4) is 0 Å². The average molecular weight is 380 g/mol. The summed E-state index contributed by atoms with van der Waals surface area (Å²) in [5, 5.41) is 15.5. The molecule has 2 atom stereocenters. The number of phenols is 1. The van der Waals surface area contributed by atoms with Gasteiger partial charge in [0.1, 0.15) is 17.3 Å². The van der Waals surface area contributed by atoms with Crippen molar-refractivity contribution in [3.8, 4) is 22.9 Å². The van der Waals surface area contributed by atoms with Gasteiger partial charge in [-0.15, -0.1) is 0 Å². The van der Waals surface area contributed by atoms with E-state index in [0.29, 0.717) is 23.0 Å². The zero-order chi connectivity index (χ0) is 19.8. The molecule has 2 heterocycles. The Kier molecular flexibility index (Phi) is 5.00. The SMILES string of the molecule is C=C1Oc2cc(CCCCC)c(-c3noc(C)n3)c(O)c2C2C=C(C)CCC12. The van der Waals surface area contributed by atoms with Gasteiger partial charge in [0.15, 0.2) is 0 Å². The largest absolute Gasteiger partial charge is 0.507 e. The van der Waals surface area contributed by atoms with Crippen LogP contribution in [0.25, 0.3) is 11.4 Å². The van der Waals surface area contributed by atoms with Gasteiger partial charge in [-0.1, -0.05) is 43.2 Å². The Hall–Kier alpha value is -2.56. The molecule has 0 amide bonds. The first kappa shape index (κ1) is 18.8. The topological polar surface area (TPSA) is 68.4 Å². The minimum Gasteiger partial charge on any atom is -0.507 e. The third-order valence-corrected chi connectivity index (χ3v) is 5.92. The molecule has 0 radical (unpaired) electrons. The lowest BCUT2D eigenvalue weighted by atomic mass is 9.73. The second kappa shape index (κ2) is 7.46. The van der Waals surface area contributed by atoms with Crippen molar-refractivity contribution in [2.24, 2.45) is 5.92 Å². The number of allylic oxidation sites excluding steroid dienone is 3. The predicted octanol–water partition coefficient (Wildman–Crippen LogP) is 5.83. The monoisotopic (exact) mass is 380 g/mol. The Morgan fingerprint density at radius 2 is 2.11 bits per heavy atom. The number of hydrogen-bond donors (Lipinski definition) is 1. The van der Waals surface area contributed by atoms with Crippen LogP contribution in [0.4, 0.5) is 0 Å². The molecule has 0 bridgehead atoms. The molecule has 2 aromatic rings. The third kappa shape index (κ3) is 3.23. The summed E-state index contributed by atoms with van der Waals surface area (Å²) in [6.45, 7) is 10.3. The van der Waals surface area contributed by atoms with E-state index in [-0.39, 0.29) is 17.6 Å². The molecule has 28 heavy (non-hydrogen) atoms. The molecular formula is C23H28N2O3. The molecule has 0 saturated carbocycles. The second-order valence-electron chi connectivity index (χ2n) is 8.02. The van der Waals surface area contributed by atoms with E-state index in [9.17, 15) is 5.11 Å². The number of hydrogen-bond acceptors (Lipinski definition) is 5. The van der Waals surface area contributed by atoms with Gasteiger partial charge in [-0.05, 0) is 44.2 Å². The lowest BCUT2D eigenvalue weighted by Crippen LogP contribution is -2.25. The van der Waals surface area contributed by atoms with E-state index >= 15 is 0 Å². The van der Waals surface area contributed by atoms with Crippen LogP contribution in [0.15, 0.2) is 34.6 Å². The summed E-state index contributed by atoms with van der Waals surface area (Å²) in [6, 6.07) is 2.05. The number of phenolic OH excluding ortho intramolecular Hbond substituents is 1. The zero-order valence-corrected chi connectivity index (χ0v) is 16.9. The van der Waals surface area contributed by atoms with E-state index in [1.54, 1.807) is 6.92 Å². The lowest BCUT2D eigenvalue weighted by Gasteiger charge is -2.37. The smallest absolute Gasteiger partial charge is 0.223 e. The molecule has 1 aromatic carbocycles. The van der Waals surface area contributed by atoms with Gasteiger partial charge in [0.05, 0.1) is 5.56 Å². The first-order valence-electron chi connectivity index (χ1n) is 10.2. The van der Waals surface area contributed by atoms with Crippen molar-refractivity contribution in [2.75, 3.05) is 0 Å². The van der Waals surface area contributed by atoms with Crippen LogP contribution < -0.4 is 4.74 Å². The molecule has 1 N–H and O–H groups in total. The summed E-state index contributed by atoms with van der Waals surface area (Å²) in [4.78, 5) is 4.40. The van der Waals surface area contributed by atoms with Gasteiger partial charge in [-0.25, -0.2) is 0 Å². The minimum absolute atomic E-state index is 0.0708. The molecule has 1 aliphatic carbocycles. The first-order chi connectivity index (χ1) is 13.5. The standard InChI is InChI=1S/C23H28N2O3/c1-5-6-7-8-16-12-19-21(22(26)20(16)23-24-15(4)28-25-23)18-11-13(2)9-10-17(18)14(3)27-19/h11-12,17-18,26H,3,5-10H2,1-2,4H3. The van der Waals surface area contributed by atoms with E-state index in [1.807, 2.05) is 6.07 Å². The van der Waals surface area contributed by atoms with Crippen molar-refractivity contribution in [3.05, 3.63) is 47.1 Å². The summed E-state index contributed by atoms with van der Waals surface area (Å²) in [5.74, 6) is 2.92. The molecule has 0 fully saturated rings. The van der Waals surface area contributed by atoms with Crippen molar-refractivity contribution in [1.29, 1.82) is 0 Å². The number of nitrogens with zero attached hydrogens (tertiary/aromatic N) is 2. The number of fused-ring (bicyclic) bond motifs is 3. The molecular weight excluding hydrogens is 352 g/mol. The molecule has 5 heteroatoms. The highest BCUT2D eigenvalue weighted by Crippen LogP contribution is 2.53. The number of ether oxygens (including phenoxy) is 1. The predicted molar refractivity (Wildman–Crippen MR) is 108 cm³/mol. The molecule has 148 valence electrons. The number of rotatable bonds is 5. The van der Waals surface area contributed by atoms with E-state index in [4.69, 9.17) is 9.26 Å². The van der Waals surface area contributed by atoms with E-state index < -0.39 is 0 Å². The summed E-state index contributed by atoms with van der Waals surface area (Å²) < 4.78 is 11.3. The van der Waals surface area contributed by atoms with Gasteiger partial charge in [-0.2, -0.15) is 4.98 Å². The molecule has 1 aliphatic heterocycles. The molecule has 4 rings (SSSR count). The first-order valence-corrected chi connectivity index (χ1v) is 10.2. The Bertz CT molecular complexity index is 942. The van der Waals surface area contributed by atoms with Crippen LogP contribution in [0, 0.1) is 12.8 Å². The van der Waals surface area contributed by atoms with Crippen molar-refractivity contribution in [2.45, 2.75) is 65.2 Å². The van der Waals surface area contributed by atoms with Gasteiger partial charge < -0.3 is 14.4 Å². The summed E-state index contributed by atoms with van der Waals surface area (Å²) in [6.07, 6.45) is 8.39. The molecule has 2 unspecified atom stereocenters. The second-order valence-corrected chi connectivity index (χ2v) is 8.02. The van der Waals surface area contributed by atoms with Crippen LogP contribution in [-0.2, 0) is 6.42 Å². The van der Waals surface area contributed by atoms with Crippen molar-refractivity contribution >= 4 is 0 Å². The minimum atomic E-state index is 0.0708. The Morgan fingerprint density at radius 3 is 2.82 bits per heavy atom. The van der Waals surface area contributed by atoms with Crippen LogP contribution in [0.1, 0.15) is 68.9 Å². The number of benzene rings is 1. The fourth-order valence-electron chi connectivity index (χ4n) is 4.46. The summed E-state index contributed by atoms with van der Waals surface area (Å²) in [5.41, 5.74) is 3.84. The van der Waals surface area contributed by atoms with Crippen LogP contribution in [-0.4, -0.2) is 15.2 Å². The highest BCUT2D eigenvalue weighted by molar-refractivity contribution is 5.74. The van der Waals surface area contributed by atoms with Crippen molar-refractivity contribution in [3.63, 3.8) is 0 Å². The highest BCUT2D eigenvalue weighted by atomic mass is 16.5. The Labute approximate surface area is 166 Å². The number of unbranched alkanes of at least 4 members (excludes halogenated alkanes) is 2. The fourth-order valence-corrected chi connectivity index (χ4v) is 4.46. The lowest BCUT2D eigenvalue weighted by molar-refractivity contribution is 0.275. The van der Waals surface area contributed by atoms with Crippen LogP contribution in [0.5, 0.6) is 11.5 Å². The normalized spacial score (nSPS) is 21.0. The number of aromatic hydroxyl groups is 1. The van der Waals surface area contributed by atoms with Crippen molar-refractivity contribution in [1.82, 2.24) is 10.1 Å². The third-order valence-electron chi connectivity index (χ3n) is 5.92. The average Bonchev–Trinajstić information content (AvgIpc) is 3.07. The van der Waals surface area contributed by atoms with Gasteiger partial charge in [0.25, 0.3) is 0 Å². The van der Waals surface area contributed by atoms with E-state index in [0.717, 1.165) is 55.4 Å². The molecule has 1 aromatic heterocycles. The van der Waals surface area contributed by atoms with Gasteiger partial charge in [0, 0.05) is 24.3 Å². The van der Waals surface area contributed by atoms with E-state index in [2.05, 4.69) is 36.6 Å². The van der Waals surface area contributed by atoms with E-state index in [1.165, 1.54) is 5.57 Å². The molecule has 5 nitrogen and oxygen atoms in total. The number of aromatic nitrogens is 2. The highest BCUT2D eigenvalue weighted by Gasteiger charge is 2.38. The summed E-state index contributed by atoms with van der Waals surface area (Å²) >= 11 is 0. The molecule has 0 saturated heterocycles. The maximum atomic E-state index is 11.4. The molecule has 0 spiro atoms. The Balaban J connectivity index is 1.89. The van der Waals surface area contributed by atoms with Crippen LogP contribution in [0.2, 0.25) is 0 Å². The Morgan fingerprint density at radius 1 is 1.29 bits per heavy atom. The van der Waals surface area contributed by atoms with Gasteiger partial charge >= 0.3 is 0 Å². The van der Waals surface area contributed by atoms with Gasteiger partial charge in [0.2, 0.25) is 11.7 Å². The molecule has 2 aliphatic rings. The maximum absolute atomic E-state index is 11.4. The zero-order valence-electron chi connectivity index (χ0n) is 16.9. The van der Waals surface area contributed by atoms with Crippen molar-refractivity contribution < 1.29 is 14.4 Å².